The molecular weight excluding hydrogens is 234 g/mol. The van der Waals surface area contributed by atoms with E-state index in [4.69, 9.17) is 0 Å². The van der Waals surface area contributed by atoms with Gasteiger partial charge in [0.2, 0.25) is 15.2 Å². The first-order valence-corrected chi connectivity index (χ1v) is 7.48. The van der Waals surface area contributed by atoms with E-state index in [-0.39, 0.29) is 0 Å². The Bertz CT molecular complexity index is 409. The molecule has 0 atom stereocenters. The number of rotatable bonds is 5. The second-order valence-electron chi connectivity index (χ2n) is 3.33. The minimum Gasteiger partial charge on any atom is -0.257 e. The highest BCUT2D eigenvalue weighted by Crippen LogP contribution is 2.28. The summed E-state index contributed by atoms with van der Waals surface area (Å²) >= 11 is 1.30. The molecule has 86 valence electrons. The van der Waals surface area contributed by atoms with E-state index in [2.05, 4.69) is 28.8 Å². The molecule has 0 spiro atoms. The van der Waals surface area contributed by atoms with Crippen LogP contribution < -0.4 is 4.72 Å². The van der Waals surface area contributed by atoms with Gasteiger partial charge in [-0.3, -0.25) is 4.72 Å². The summed E-state index contributed by atoms with van der Waals surface area (Å²) in [5.41, 5.74) is 0. The molecule has 0 fully saturated rings. The zero-order valence-corrected chi connectivity index (χ0v) is 10.7. The summed E-state index contributed by atoms with van der Waals surface area (Å²) in [5.74, 6) is 0.373. The van der Waals surface area contributed by atoms with E-state index in [0.29, 0.717) is 11.0 Å². The fourth-order valence-electron chi connectivity index (χ4n) is 1.24. The largest absolute Gasteiger partial charge is 0.257 e. The molecule has 0 amide bonds. The summed E-state index contributed by atoms with van der Waals surface area (Å²) in [6, 6.07) is 0. The first kappa shape index (κ1) is 12.4. The number of nitrogens with zero attached hydrogens (tertiary/aromatic N) is 2. The third-order valence-electron chi connectivity index (χ3n) is 2.05. The van der Waals surface area contributed by atoms with Crippen molar-refractivity contribution in [3.63, 3.8) is 0 Å². The summed E-state index contributed by atoms with van der Waals surface area (Å²) < 4.78 is 24.2. The summed E-state index contributed by atoms with van der Waals surface area (Å²) in [4.78, 5) is 0. The van der Waals surface area contributed by atoms with Gasteiger partial charge in [0.15, 0.2) is 0 Å². The van der Waals surface area contributed by atoms with Gasteiger partial charge in [0.1, 0.15) is 5.01 Å². The van der Waals surface area contributed by atoms with Crippen molar-refractivity contribution in [2.24, 2.45) is 0 Å². The van der Waals surface area contributed by atoms with E-state index in [9.17, 15) is 8.42 Å². The average Bonchev–Trinajstić information content (AvgIpc) is 2.52. The standard InChI is InChI=1S/C8H15N3O2S2/c1-4-6(5-2)7-9-10-8(14-7)11-15(3,12)13/h6H,4-5H2,1-3H3,(H,10,11). The quantitative estimate of drug-likeness (QED) is 0.864. The molecular formula is C8H15N3O2S2. The number of hydrogen-bond acceptors (Lipinski definition) is 5. The minimum absolute atomic E-state index is 0.347. The lowest BCUT2D eigenvalue weighted by Gasteiger charge is -2.05. The number of aromatic nitrogens is 2. The monoisotopic (exact) mass is 249 g/mol. The van der Waals surface area contributed by atoms with Crippen molar-refractivity contribution in [3.8, 4) is 0 Å². The second kappa shape index (κ2) is 4.89. The lowest BCUT2D eigenvalue weighted by atomic mass is 10.1. The van der Waals surface area contributed by atoms with Crippen LogP contribution in [0.4, 0.5) is 5.13 Å². The highest BCUT2D eigenvalue weighted by molar-refractivity contribution is 7.92. The lowest BCUT2D eigenvalue weighted by molar-refractivity contribution is 0.606. The van der Waals surface area contributed by atoms with Gasteiger partial charge >= 0.3 is 0 Å². The predicted octanol–water partition coefficient (Wildman–Crippen LogP) is 1.81. The van der Waals surface area contributed by atoms with E-state index < -0.39 is 10.0 Å². The molecule has 0 unspecified atom stereocenters. The molecule has 1 rings (SSSR count). The van der Waals surface area contributed by atoms with Crippen molar-refractivity contribution in [1.29, 1.82) is 0 Å². The van der Waals surface area contributed by atoms with Crippen LogP contribution >= 0.6 is 11.3 Å². The van der Waals surface area contributed by atoms with Gasteiger partial charge in [-0.05, 0) is 12.8 Å². The fourth-order valence-corrected chi connectivity index (χ4v) is 3.08. The maximum atomic E-state index is 10.9. The van der Waals surface area contributed by atoms with Gasteiger partial charge in [-0.15, -0.1) is 10.2 Å². The van der Waals surface area contributed by atoms with Gasteiger partial charge < -0.3 is 0 Å². The van der Waals surface area contributed by atoms with Gasteiger partial charge in [-0.25, -0.2) is 8.42 Å². The molecule has 0 aliphatic carbocycles. The van der Waals surface area contributed by atoms with Crippen molar-refractivity contribution < 1.29 is 8.42 Å². The van der Waals surface area contributed by atoms with Gasteiger partial charge in [0.25, 0.3) is 0 Å². The van der Waals surface area contributed by atoms with Crippen LogP contribution in [0.1, 0.15) is 37.6 Å². The van der Waals surface area contributed by atoms with Crippen molar-refractivity contribution in [1.82, 2.24) is 10.2 Å². The second-order valence-corrected chi connectivity index (χ2v) is 6.09. The number of hydrogen-bond donors (Lipinski definition) is 1. The topological polar surface area (TPSA) is 72.0 Å². The molecule has 0 aliphatic heterocycles. The van der Waals surface area contributed by atoms with Gasteiger partial charge in [-0.1, -0.05) is 25.2 Å². The van der Waals surface area contributed by atoms with Crippen LogP contribution in [0.5, 0.6) is 0 Å². The van der Waals surface area contributed by atoms with E-state index in [1.807, 2.05) is 0 Å². The Morgan fingerprint density at radius 1 is 1.33 bits per heavy atom. The molecule has 1 aromatic heterocycles. The van der Waals surface area contributed by atoms with Crippen LogP contribution in [0.2, 0.25) is 0 Å². The molecule has 0 bridgehead atoms. The smallest absolute Gasteiger partial charge is 0.231 e. The Balaban J connectivity index is 2.80. The zero-order valence-electron chi connectivity index (χ0n) is 9.02. The van der Waals surface area contributed by atoms with Gasteiger partial charge in [0.05, 0.1) is 6.26 Å². The summed E-state index contributed by atoms with van der Waals surface area (Å²) in [6.45, 7) is 4.17. The van der Waals surface area contributed by atoms with Crippen LogP contribution in [0.3, 0.4) is 0 Å². The first-order valence-electron chi connectivity index (χ1n) is 4.77. The molecule has 0 radical (unpaired) electrons. The summed E-state index contributed by atoms with van der Waals surface area (Å²) in [6.07, 6.45) is 3.08. The Morgan fingerprint density at radius 3 is 2.40 bits per heavy atom. The Labute approximate surface area is 94.0 Å². The zero-order chi connectivity index (χ0) is 11.5. The molecule has 0 saturated carbocycles. The molecule has 7 heteroatoms. The lowest BCUT2D eigenvalue weighted by Crippen LogP contribution is -2.08. The summed E-state index contributed by atoms with van der Waals surface area (Å²) in [5, 5.41) is 9.02. The third kappa shape index (κ3) is 3.75. The van der Waals surface area contributed by atoms with Gasteiger partial charge in [-0.2, -0.15) is 0 Å². The molecule has 0 saturated heterocycles. The normalized spacial score (nSPS) is 12.0. The SMILES string of the molecule is CCC(CC)c1nnc(NS(C)(=O)=O)s1. The first-order chi connectivity index (χ1) is 6.96. The third-order valence-corrected chi connectivity index (χ3v) is 3.74. The van der Waals surface area contributed by atoms with E-state index in [1.165, 1.54) is 11.3 Å². The minimum atomic E-state index is -3.25. The molecule has 0 aliphatic rings. The molecule has 1 N–H and O–H groups in total. The molecule has 0 aromatic carbocycles. The molecule has 15 heavy (non-hydrogen) atoms. The maximum Gasteiger partial charge on any atom is 0.231 e. The number of nitrogens with one attached hydrogen (secondary N) is 1. The van der Waals surface area contributed by atoms with Crippen LogP contribution in [0.25, 0.3) is 0 Å². The van der Waals surface area contributed by atoms with E-state index in [0.717, 1.165) is 24.1 Å². The van der Waals surface area contributed by atoms with Crippen molar-refractivity contribution >= 4 is 26.5 Å². The molecule has 1 heterocycles. The van der Waals surface area contributed by atoms with Crippen LogP contribution in [-0.4, -0.2) is 24.9 Å². The van der Waals surface area contributed by atoms with Crippen LogP contribution in [0, 0.1) is 0 Å². The van der Waals surface area contributed by atoms with E-state index >= 15 is 0 Å². The molecule has 5 nitrogen and oxygen atoms in total. The highest BCUT2D eigenvalue weighted by Gasteiger charge is 2.14. The van der Waals surface area contributed by atoms with E-state index in [1.54, 1.807) is 0 Å². The maximum absolute atomic E-state index is 10.9. The summed E-state index contributed by atoms with van der Waals surface area (Å²) in [7, 11) is -3.25. The Kier molecular flexibility index (Phi) is 4.04. The predicted molar refractivity (Wildman–Crippen MR) is 61.7 cm³/mol. The number of anilines is 1. The fraction of sp³-hybridized carbons (Fsp3) is 0.750. The average molecular weight is 249 g/mol. The Morgan fingerprint density at radius 2 is 1.93 bits per heavy atom. The van der Waals surface area contributed by atoms with Crippen molar-refractivity contribution in [2.45, 2.75) is 32.6 Å². The van der Waals surface area contributed by atoms with Crippen molar-refractivity contribution in [2.75, 3.05) is 11.0 Å². The molecule has 1 aromatic rings. The van der Waals surface area contributed by atoms with Gasteiger partial charge in [0, 0.05) is 5.92 Å². The van der Waals surface area contributed by atoms with Crippen molar-refractivity contribution in [3.05, 3.63) is 5.01 Å². The van der Waals surface area contributed by atoms with Crippen LogP contribution in [0.15, 0.2) is 0 Å². The highest BCUT2D eigenvalue weighted by atomic mass is 32.2. The number of sulfonamides is 1. The van der Waals surface area contributed by atoms with Crippen LogP contribution in [-0.2, 0) is 10.0 Å². The Hall–Kier alpha value is -0.690.